The lowest BCUT2D eigenvalue weighted by Crippen LogP contribution is -2.40. The fraction of sp³-hybridized carbons (Fsp3) is 0.222. The minimum absolute atomic E-state index is 0.103. The van der Waals surface area contributed by atoms with Crippen LogP contribution in [-0.2, 0) is 0 Å². The predicted molar refractivity (Wildman–Crippen MR) is 131 cm³/mol. The molecule has 2 aliphatic carbocycles. The molecule has 2 heterocycles. The van der Waals surface area contributed by atoms with E-state index in [0.29, 0.717) is 0 Å². The van der Waals surface area contributed by atoms with Crippen molar-refractivity contribution < 1.29 is 4.39 Å². The third-order valence-corrected chi connectivity index (χ3v) is 5.66. The summed E-state index contributed by atoms with van der Waals surface area (Å²) in [7, 11) is 0. The number of anilines is 2. The third-order valence-electron chi connectivity index (χ3n) is 5.66. The number of rotatable bonds is 4. The SMILES string of the molecule is Cc1ncccc1Nc1cc2nc3c(n(-c4cccc(F)c4)c-2cc1=NC(C)C)=CCCC=3. The van der Waals surface area contributed by atoms with Gasteiger partial charge in [-0.25, -0.2) is 9.37 Å². The van der Waals surface area contributed by atoms with Crippen molar-refractivity contribution in [3.8, 4) is 17.1 Å². The van der Waals surface area contributed by atoms with Crippen molar-refractivity contribution in [2.24, 2.45) is 4.99 Å². The van der Waals surface area contributed by atoms with Crippen LogP contribution in [-0.4, -0.2) is 20.6 Å². The van der Waals surface area contributed by atoms with Crippen LogP contribution in [0.25, 0.3) is 29.2 Å². The Morgan fingerprint density at radius 3 is 2.67 bits per heavy atom. The van der Waals surface area contributed by atoms with Gasteiger partial charge in [0, 0.05) is 17.9 Å². The van der Waals surface area contributed by atoms with Crippen LogP contribution in [0.2, 0.25) is 0 Å². The summed E-state index contributed by atoms with van der Waals surface area (Å²) < 4.78 is 16.3. The lowest BCUT2D eigenvalue weighted by molar-refractivity contribution is 0.626. The van der Waals surface area contributed by atoms with Crippen molar-refractivity contribution in [2.75, 3.05) is 5.32 Å². The molecule has 3 aliphatic rings. The van der Waals surface area contributed by atoms with E-state index in [4.69, 9.17) is 9.98 Å². The Labute approximate surface area is 192 Å². The van der Waals surface area contributed by atoms with E-state index in [0.717, 1.165) is 63.0 Å². The molecule has 5 rings (SSSR count). The Hall–Kier alpha value is -3.80. The number of fused-ring (bicyclic) bond motifs is 2. The summed E-state index contributed by atoms with van der Waals surface area (Å²) in [6, 6.07) is 14.8. The standard InChI is InChI=1S/C27H26FN5/c1-17(2)30-24-16-27-25(15-23(24)31-21-11-7-13-29-18(21)3)32-22-10-4-5-12-26(22)33(27)20-9-6-8-19(28)14-20/h6-17,31H,4-5H2,1-3H3. The molecule has 1 aromatic carbocycles. The number of nitrogens with zero attached hydrogens (tertiary/aromatic N) is 4. The number of nitrogens with one attached hydrogen (secondary N) is 1. The first-order valence-corrected chi connectivity index (χ1v) is 11.3. The van der Waals surface area contributed by atoms with Crippen molar-refractivity contribution in [3.05, 3.63) is 82.3 Å². The Bertz CT molecular complexity index is 1500. The van der Waals surface area contributed by atoms with Gasteiger partial charge in [0.15, 0.2) is 0 Å². The summed E-state index contributed by atoms with van der Waals surface area (Å²) >= 11 is 0. The number of aromatic nitrogens is 3. The molecule has 0 radical (unpaired) electrons. The van der Waals surface area contributed by atoms with E-state index in [-0.39, 0.29) is 11.9 Å². The van der Waals surface area contributed by atoms with E-state index in [1.54, 1.807) is 18.3 Å². The second-order valence-corrected chi connectivity index (χ2v) is 8.53. The number of hydrogen-bond donors (Lipinski definition) is 1. The van der Waals surface area contributed by atoms with Crippen molar-refractivity contribution in [3.63, 3.8) is 0 Å². The van der Waals surface area contributed by atoms with Crippen molar-refractivity contribution in [2.45, 2.75) is 39.7 Å². The molecule has 0 fully saturated rings. The topological polar surface area (TPSA) is 55.1 Å². The fourth-order valence-corrected chi connectivity index (χ4v) is 4.19. The third kappa shape index (κ3) is 4.16. The Morgan fingerprint density at radius 1 is 1.03 bits per heavy atom. The highest BCUT2D eigenvalue weighted by Gasteiger charge is 2.17. The van der Waals surface area contributed by atoms with E-state index < -0.39 is 0 Å². The lowest BCUT2D eigenvalue weighted by Gasteiger charge is -2.20. The van der Waals surface area contributed by atoms with Crippen molar-refractivity contribution in [1.82, 2.24) is 14.5 Å². The maximum atomic E-state index is 14.2. The van der Waals surface area contributed by atoms with Gasteiger partial charge in [0.05, 0.1) is 44.5 Å². The summed E-state index contributed by atoms with van der Waals surface area (Å²) in [5.41, 5.74) is 5.17. The molecule has 0 atom stereocenters. The van der Waals surface area contributed by atoms with Crippen LogP contribution in [0.3, 0.4) is 0 Å². The molecule has 1 aromatic heterocycles. The average molecular weight is 440 g/mol. The van der Waals surface area contributed by atoms with Gasteiger partial charge in [-0.15, -0.1) is 0 Å². The van der Waals surface area contributed by atoms with Crippen molar-refractivity contribution >= 4 is 23.5 Å². The largest absolute Gasteiger partial charge is 0.352 e. The zero-order valence-electron chi connectivity index (χ0n) is 19.0. The summed E-state index contributed by atoms with van der Waals surface area (Å²) in [6.07, 6.45) is 7.98. The number of halogens is 1. The van der Waals surface area contributed by atoms with Gasteiger partial charge in [-0.3, -0.25) is 9.98 Å². The fourth-order valence-electron chi connectivity index (χ4n) is 4.19. The van der Waals surface area contributed by atoms with Gasteiger partial charge < -0.3 is 9.88 Å². The molecular formula is C27H26FN5. The summed E-state index contributed by atoms with van der Waals surface area (Å²) in [4.78, 5) is 14.2. The van der Waals surface area contributed by atoms with E-state index in [1.807, 2.05) is 37.3 Å². The molecule has 0 unspecified atom stereocenters. The maximum absolute atomic E-state index is 14.2. The van der Waals surface area contributed by atoms with Crippen LogP contribution in [0.4, 0.5) is 15.8 Å². The molecule has 0 saturated carbocycles. The number of benzene rings is 2. The van der Waals surface area contributed by atoms with Crippen molar-refractivity contribution in [1.29, 1.82) is 0 Å². The quantitative estimate of drug-likeness (QED) is 0.518. The van der Waals surface area contributed by atoms with Crippen LogP contribution >= 0.6 is 0 Å². The normalized spacial score (nSPS) is 13.5. The highest BCUT2D eigenvalue weighted by molar-refractivity contribution is 5.71. The van der Waals surface area contributed by atoms with E-state index in [2.05, 4.69) is 40.9 Å². The number of pyridine rings is 1. The predicted octanol–water partition coefficient (Wildman–Crippen LogP) is 4.23. The summed E-state index contributed by atoms with van der Waals surface area (Å²) in [5.74, 6) is -0.268. The molecule has 33 heavy (non-hydrogen) atoms. The first kappa shape index (κ1) is 21.1. The van der Waals surface area contributed by atoms with Crippen LogP contribution in [0.15, 0.2) is 59.7 Å². The first-order chi connectivity index (χ1) is 16.0. The molecule has 1 N–H and O–H groups in total. The monoisotopic (exact) mass is 439 g/mol. The molecule has 5 nitrogen and oxygen atoms in total. The molecule has 0 saturated heterocycles. The maximum Gasteiger partial charge on any atom is 0.125 e. The summed E-state index contributed by atoms with van der Waals surface area (Å²) in [5, 5.41) is 6.23. The van der Waals surface area contributed by atoms with Gasteiger partial charge >= 0.3 is 0 Å². The Morgan fingerprint density at radius 2 is 1.88 bits per heavy atom. The molecular weight excluding hydrogens is 413 g/mol. The summed E-state index contributed by atoms with van der Waals surface area (Å²) in [6.45, 7) is 6.08. The molecule has 166 valence electrons. The molecule has 0 bridgehead atoms. The second-order valence-electron chi connectivity index (χ2n) is 8.53. The van der Waals surface area contributed by atoms with Gasteiger partial charge in [0.2, 0.25) is 0 Å². The number of aryl methyl sites for hydroxylation is 1. The first-order valence-electron chi connectivity index (χ1n) is 11.3. The van der Waals surface area contributed by atoms with Gasteiger partial charge in [-0.1, -0.05) is 18.2 Å². The minimum Gasteiger partial charge on any atom is -0.352 e. The van der Waals surface area contributed by atoms with Crippen LogP contribution < -0.4 is 21.4 Å². The van der Waals surface area contributed by atoms with Gasteiger partial charge in [-0.2, -0.15) is 0 Å². The second kappa shape index (κ2) is 8.62. The van der Waals surface area contributed by atoms with Gasteiger partial charge in [-0.05, 0) is 76.1 Å². The van der Waals surface area contributed by atoms with Crippen LogP contribution in [0.5, 0.6) is 0 Å². The van der Waals surface area contributed by atoms with E-state index >= 15 is 0 Å². The van der Waals surface area contributed by atoms with E-state index in [9.17, 15) is 4.39 Å². The van der Waals surface area contributed by atoms with Gasteiger partial charge in [0.1, 0.15) is 5.82 Å². The van der Waals surface area contributed by atoms with Gasteiger partial charge in [0.25, 0.3) is 0 Å². The van der Waals surface area contributed by atoms with Crippen LogP contribution in [0, 0.1) is 12.7 Å². The molecule has 1 aliphatic heterocycles. The molecule has 2 aromatic rings. The highest BCUT2D eigenvalue weighted by atomic mass is 19.1. The smallest absolute Gasteiger partial charge is 0.125 e. The Balaban J connectivity index is 1.84. The molecule has 0 spiro atoms. The zero-order valence-corrected chi connectivity index (χ0v) is 19.0. The Kier molecular flexibility index (Phi) is 5.50. The molecule has 0 amide bonds. The average Bonchev–Trinajstić information content (AvgIpc) is 2.79. The minimum atomic E-state index is -0.268. The highest BCUT2D eigenvalue weighted by Crippen LogP contribution is 2.24. The molecule has 6 heteroatoms. The lowest BCUT2D eigenvalue weighted by atomic mass is 10.1. The van der Waals surface area contributed by atoms with Crippen LogP contribution in [0.1, 0.15) is 32.4 Å². The number of hydrogen-bond acceptors (Lipinski definition) is 4. The zero-order chi connectivity index (χ0) is 22.9. The van der Waals surface area contributed by atoms with E-state index in [1.165, 1.54) is 6.07 Å².